The Bertz CT molecular complexity index is 1860. The Balaban J connectivity index is 1.50. The third-order valence-corrected chi connectivity index (χ3v) is 12.0. The quantitative estimate of drug-likeness (QED) is 0.0836. The maximum atomic E-state index is 13.9. The van der Waals surface area contributed by atoms with Crippen LogP contribution >= 0.6 is 7.37 Å². The molecule has 1 fully saturated rings. The van der Waals surface area contributed by atoms with E-state index in [0.717, 1.165) is 0 Å². The third kappa shape index (κ3) is 7.63. The Kier molecular flexibility index (Phi) is 11.6. The Morgan fingerprint density at radius 2 is 1.73 bits per heavy atom. The molecule has 7 N–H and O–H groups in total. The van der Waals surface area contributed by atoms with Crippen LogP contribution in [0.2, 0.25) is 0 Å². The van der Waals surface area contributed by atoms with E-state index in [1.54, 1.807) is 13.8 Å². The molecule has 2 aromatic rings. The number of aliphatic hydroxyl groups is 2. The summed E-state index contributed by atoms with van der Waals surface area (Å²) in [6.07, 6.45) is -5.49. The zero-order chi connectivity index (χ0) is 38.3. The average molecular weight is 745 g/mol. The van der Waals surface area contributed by atoms with Gasteiger partial charge in [-0.2, -0.15) is 0 Å². The molecule has 7 atom stereocenters. The molecule has 2 aromatic carbocycles. The zero-order valence-electron chi connectivity index (χ0n) is 29.5. The van der Waals surface area contributed by atoms with Crippen molar-refractivity contribution in [2.24, 2.45) is 10.7 Å². The second kappa shape index (κ2) is 15.3. The van der Waals surface area contributed by atoms with Crippen molar-refractivity contribution in [3.8, 4) is 17.2 Å². The van der Waals surface area contributed by atoms with Gasteiger partial charge in [-0.05, 0) is 19.9 Å². The number of phenolic OH excluding ortho intramolecular Hbond substituents is 2. The van der Waals surface area contributed by atoms with Crippen molar-refractivity contribution in [2.75, 3.05) is 26.0 Å². The molecule has 2 aliphatic carbocycles. The number of aliphatic hydroxyl groups excluding tert-OH is 1. The Morgan fingerprint density at radius 3 is 2.37 bits per heavy atom. The summed E-state index contributed by atoms with van der Waals surface area (Å²) in [5.74, 6) is -3.39. The first-order valence-electron chi connectivity index (χ1n) is 17.1. The number of Topliss-reactive ketones (excluding diaryl/α,β-unsaturated/α-hetero) is 2. The van der Waals surface area contributed by atoms with E-state index >= 15 is 0 Å². The van der Waals surface area contributed by atoms with Crippen molar-refractivity contribution in [1.29, 1.82) is 0 Å². The number of aliphatic imine (C=N–C) groups is 1. The van der Waals surface area contributed by atoms with Crippen LogP contribution in [-0.4, -0.2) is 110 Å². The number of nitrogens with zero attached hydrogens (tertiary/aromatic N) is 1. The van der Waals surface area contributed by atoms with Gasteiger partial charge in [-0.15, -0.1) is 0 Å². The highest BCUT2D eigenvalue weighted by atomic mass is 31.2. The van der Waals surface area contributed by atoms with Crippen molar-refractivity contribution >= 4 is 36.2 Å². The predicted molar refractivity (Wildman–Crippen MR) is 187 cm³/mol. The third-order valence-electron chi connectivity index (χ3n) is 10.2. The number of phenols is 2. The fourth-order valence-corrected chi connectivity index (χ4v) is 8.41. The minimum atomic E-state index is -3.73. The molecule has 0 spiro atoms. The lowest BCUT2D eigenvalue weighted by atomic mass is 9.71. The molecule has 5 rings (SSSR count). The van der Waals surface area contributed by atoms with Gasteiger partial charge in [-0.1, -0.05) is 19.1 Å². The van der Waals surface area contributed by atoms with Gasteiger partial charge in [-0.3, -0.25) is 28.7 Å². The molecule has 15 nitrogen and oxygen atoms in total. The summed E-state index contributed by atoms with van der Waals surface area (Å²) in [4.78, 5) is 66.6. The van der Waals surface area contributed by atoms with Crippen LogP contribution in [0.15, 0.2) is 23.2 Å². The topological polar surface area (TPSA) is 253 Å². The summed E-state index contributed by atoms with van der Waals surface area (Å²) in [6.45, 7) is 4.24. The predicted octanol–water partition coefficient (Wildman–Crippen LogP) is 2.50. The molecule has 2 unspecified atom stereocenters. The highest BCUT2D eigenvalue weighted by Crippen LogP contribution is 2.52. The Labute approximate surface area is 300 Å². The Morgan fingerprint density at radius 1 is 1.08 bits per heavy atom. The molecule has 0 bridgehead atoms. The molecule has 0 radical (unpaired) electrons. The number of hydrogen-bond acceptors (Lipinski definition) is 14. The minimum Gasteiger partial charge on any atom is -0.507 e. The molecule has 0 aromatic heterocycles. The van der Waals surface area contributed by atoms with E-state index in [1.165, 1.54) is 32.2 Å². The first-order valence-corrected chi connectivity index (χ1v) is 19.2. The van der Waals surface area contributed by atoms with Gasteiger partial charge in [0.15, 0.2) is 17.9 Å². The van der Waals surface area contributed by atoms with E-state index in [1.807, 2.05) is 0 Å². The largest absolute Gasteiger partial charge is 0.507 e. The van der Waals surface area contributed by atoms with Crippen LogP contribution in [0.4, 0.5) is 0 Å². The fourth-order valence-electron chi connectivity index (χ4n) is 6.99. The molecule has 1 saturated heterocycles. The van der Waals surface area contributed by atoms with Gasteiger partial charge in [0.05, 0.1) is 48.7 Å². The standard InChI is InChI=1S/C36H45N2O13P/c1-5-19(39)9-11-52(47,48)12-10-20(40)16-38-18(3)36(46)14-22-28(25(15-36)51-26-13-23(37)31(41)17(2)50-26)35(45)30-29(33(22)43)32(42)21-7-6-8-24(49-4)27(21)34(30)44/h6-8,17,23,25-26,31,41,43,45-46H,5,9-16,37H2,1-4H3,(H,47,48)/t17-,23-,25-,26?,31+,36-/m0/s1. The molecular weight excluding hydrogens is 699 g/mol. The van der Waals surface area contributed by atoms with E-state index < -0.39 is 96.6 Å². The van der Waals surface area contributed by atoms with Crippen LogP contribution < -0.4 is 10.5 Å². The van der Waals surface area contributed by atoms with E-state index in [4.69, 9.17) is 19.9 Å². The lowest BCUT2D eigenvalue weighted by molar-refractivity contribution is -0.245. The van der Waals surface area contributed by atoms with Crippen molar-refractivity contribution in [3.05, 3.63) is 51.6 Å². The number of benzene rings is 2. The molecule has 0 amide bonds. The summed E-state index contributed by atoms with van der Waals surface area (Å²) in [6, 6.07) is 3.64. The molecule has 3 aliphatic rings. The second-order valence-electron chi connectivity index (χ2n) is 13.7. The average Bonchev–Trinajstić information content (AvgIpc) is 3.10. The number of carbonyl (C=O) groups excluding carboxylic acids is 4. The molecule has 52 heavy (non-hydrogen) atoms. The summed E-state index contributed by atoms with van der Waals surface area (Å²) < 4.78 is 29.9. The van der Waals surface area contributed by atoms with Crippen LogP contribution in [0.25, 0.3) is 0 Å². The normalized spacial score (nSPS) is 26.9. The second-order valence-corrected chi connectivity index (χ2v) is 16.3. The fraction of sp³-hybridized carbons (Fsp3) is 0.528. The van der Waals surface area contributed by atoms with E-state index in [-0.39, 0.29) is 83.9 Å². The highest BCUT2D eigenvalue weighted by Gasteiger charge is 2.49. The van der Waals surface area contributed by atoms with Crippen LogP contribution in [0.5, 0.6) is 17.2 Å². The number of ketones is 4. The number of fused-ring (bicyclic) bond motifs is 3. The van der Waals surface area contributed by atoms with Gasteiger partial charge < -0.3 is 45.3 Å². The maximum Gasteiger partial charge on any atom is 0.202 e. The lowest BCUT2D eigenvalue weighted by Crippen LogP contribution is -2.52. The van der Waals surface area contributed by atoms with E-state index in [0.29, 0.717) is 0 Å². The van der Waals surface area contributed by atoms with Gasteiger partial charge in [-0.25, -0.2) is 0 Å². The lowest BCUT2D eigenvalue weighted by Gasteiger charge is -2.43. The van der Waals surface area contributed by atoms with Gasteiger partial charge in [0.1, 0.15) is 28.6 Å². The summed E-state index contributed by atoms with van der Waals surface area (Å²) in [5.41, 5.74) is 2.98. The van der Waals surface area contributed by atoms with Gasteiger partial charge >= 0.3 is 0 Å². The minimum absolute atomic E-state index is 0.0122. The number of aromatic hydroxyl groups is 2. The summed E-state index contributed by atoms with van der Waals surface area (Å²) in [5, 5.41) is 46.0. The van der Waals surface area contributed by atoms with Crippen molar-refractivity contribution < 1.29 is 63.3 Å². The smallest absolute Gasteiger partial charge is 0.202 e. The van der Waals surface area contributed by atoms with Crippen LogP contribution in [0.3, 0.4) is 0 Å². The maximum absolute atomic E-state index is 13.9. The molecule has 16 heteroatoms. The molecular formula is C36H45N2O13P. The molecule has 1 heterocycles. The van der Waals surface area contributed by atoms with Crippen molar-refractivity contribution in [1.82, 2.24) is 0 Å². The number of rotatable bonds is 13. The molecule has 282 valence electrons. The monoisotopic (exact) mass is 744 g/mol. The van der Waals surface area contributed by atoms with Crippen LogP contribution in [0, 0.1) is 0 Å². The van der Waals surface area contributed by atoms with Gasteiger partial charge in [0, 0.05) is 79.3 Å². The summed E-state index contributed by atoms with van der Waals surface area (Å²) >= 11 is 0. The first-order chi connectivity index (χ1) is 24.4. The molecule has 0 saturated carbocycles. The number of ether oxygens (including phenoxy) is 3. The van der Waals surface area contributed by atoms with E-state index in [2.05, 4.69) is 4.99 Å². The highest BCUT2D eigenvalue weighted by molar-refractivity contribution is 7.58. The molecule has 1 aliphatic heterocycles. The first kappa shape index (κ1) is 39.4. The van der Waals surface area contributed by atoms with Crippen LogP contribution in [-0.2, 0) is 30.0 Å². The van der Waals surface area contributed by atoms with Crippen molar-refractivity contribution in [2.45, 2.75) is 95.5 Å². The summed E-state index contributed by atoms with van der Waals surface area (Å²) in [7, 11) is -2.41. The number of nitrogens with two attached hydrogens (primary N) is 1. The number of hydrogen-bond donors (Lipinski definition) is 6. The Hall–Kier alpha value is -3.82. The number of methoxy groups -OCH3 is 1. The van der Waals surface area contributed by atoms with Crippen molar-refractivity contribution in [3.63, 3.8) is 0 Å². The SMILES string of the molecule is CCC(=O)CCP(=O)(O)CCC(=O)CN=C(C)[C@]1(O)Cc2c(O)c3c(c(O)c2[C@@H](OC2C[C@H](N)[C@H](O)[C@H](C)O2)C1)C(=O)c1c(OC)cccc1C3=O. The van der Waals surface area contributed by atoms with Gasteiger partial charge in [0.2, 0.25) is 13.2 Å². The zero-order valence-corrected chi connectivity index (χ0v) is 30.4. The van der Waals surface area contributed by atoms with Crippen LogP contribution in [0.1, 0.15) is 102 Å². The van der Waals surface area contributed by atoms with Gasteiger partial charge in [0.25, 0.3) is 0 Å². The number of carbonyl (C=O) groups is 4. The van der Waals surface area contributed by atoms with E-state index in [9.17, 15) is 49.1 Å².